The van der Waals surface area contributed by atoms with Crippen LogP contribution in [0.5, 0.6) is 0 Å². The van der Waals surface area contributed by atoms with Crippen molar-refractivity contribution < 1.29 is 4.79 Å². The fraction of sp³-hybridized carbons (Fsp3) is 0.471. The van der Waals surface area contributed by atoms with Crippen molar-refractivity contribution >= 4 is 16.8 Å². The number of nitrogens with one attached hydrogen (secondary N) is 2. The van der Waals surface area contributed by atoms with Crippen LogP contribution in [0, 0.1) is 0 Å². The number of hydrogen-bond donors (Lipinski definition) is 2. The summed E-state index contributed by atoms with van der Waals surface area (Å²) in [7, 11) is 0. The second-order valence-electron chi connectivity index (χ2n) is 5.77. The van der Waals surface area contributed by atoms with E-state index in [4.69, 9.17) is 0 Å². The van der Waals surface area contributed by atoms with Crippen molar-refractivity contribution in [3.63, 3.8) is 0 Å². The average molecular weight is 285 g/mol. The highest BCUT2D eigenvalue weighted by molar-refractivity contribution is 5.79. The lowest BCUT2D eigenvalue weighted by Gasteiger charge is -2.26. The molecule has 1 aromatic heterocycles. The lowest BCUT2D eigenvalue weighted by Crippen LogP contribution is -2.37. The van der Waals surface area contributed by atoms with Crippen LogP contribution in [0.2, 0.25) is 0 Å². The number of hydrogen-bond acceptors (Lipinski definition) is 2. The van der Waals surface area contributed by atoms with Crippen molar-refractivity contribution in [2.75, 3.05) is 19.6 Å². The number of amides is 1. The maximum Gasteiger partial charge on any atom is 0.223 e. The lowest BCUT2D eigenvalue weighted by atomic mass is 10.1. The Morgan fingerprint density at radius 3 is 2.90 bits per heavy atom. The highest BCUT2D eigenvalue weighted by Gasteiger charge is 2.15. The molecule has 1 aliphatic heterocycles. The molecule has 0 saturated carbocycles. The number of aromatic nitrogens is 1. The molecule has 0 aliphatic carbocycles. The van der Waals surface area contributed by atoms with Gasteiger partial charge in [0.05, 0.1) is 0 Å². The van der Waals surface area contributed by atoms with E-state index in [-0.39, 0.29) is 0 Å². The maximum absolute atomic E-state index is 12.0. The van der Waals surface area contributed by atoms with Crippen LogP contribution in [0.4, 0.5) is 0 Å². The molecule has 0 unspecified atom stereocenters. The van der Waals surface area contributed by atoms with Gasteiger partial charge in [0.2, 0.25) is 5.91 Å². The smallest absolute Gasteiger partial charge is 0.223 e. The zero-order valence-electron chi connectivity index (χ0n) is 12.4. The summed E-state index contributed by atoms with van der Waals surface area (Å²) in [5, 5.41) is 4.61. The number of nitrogens with zero attached hydrogens (tertiary/aromatic N) is 1. The van der Waals surface area contributed by atoms with Crippen LogP contribution in [0.15, 0.2) is 30.5 Å². The Morgan fingerprint density at radius 2 is 2.05 bits per heavy atom. The Hall–Kier alpha value is -1.81. The number of carbonyl (C=O) groups is 1. The predicted molar refractivity (Wildman–Crippen MR) is 85.1 cm³/mol. The average Bonchev–Trinajstić information content (AvgIpc) is 3.00. The molecule has 2 aromatic rings. The molecule has 3 rings (SSSR count). The quantitative estimate of drug-likeness (QED) is 0.830. The number of fused-ring (bicyclic) bond motifs is 1. The number of aromatic amines is 1. The van der Waals surface area contributed by atoms with E-state index in [1.165, 1.54) is 22.9 Å². The molecule has 1 aliphatic rings. The monoisotopic (exact) mass is 285 g/mol. The third-order valence-corrected chi connectivity index (χ3v) is 4.17. The van der Waals surface area contributed by atoms with Crippen molar-refractivity contribution in [1.29, 1.82) is 0 Å². The zero-order chi connectivity index (χ0) is 14.5. The Bertz CT molecular complexity index is 599. The van der Waals surface area contributed by atoms with Gasteiger partial charge in [0.1, 0.15) is 0 Å². The molecule has 1 fully saturated rings. The van der Waals surface area contributed by atoms with E-state index < -0.39 is 0 Å². The fourth-order valence-corrected chi connectivity index (χ4v) is 2.94. The van der Waals surface area contributed by atoms with Gasteiger partial charge in [-0.1, -0.05) is 6.07 Å². The highest BCUT2D eigenvalue weighted by atomic mass is 16.2. The van der Waals surface area contributed by atoms with Crippen LogP contribution in [0.25, 0.3) is 10.9 Å². The second kappa shape index (κ2) is 6.76. The summed E-state index contributed by atoms with van der Waals surface area (Å²) >= 11 is 0. The number of H-pyrrole nitrogens is 1. The minimum atomic E-state index is 0.295. The summed E-state index contributed by atoms with van der Waals surface area (Å²) in [6.07, 6.45) is 6.15. The van der Waals surface area contributed by atoms with Gasteiger partial charge in [-0.2, -0.15) is 0 Å². The van der Waals surface area contributed by atoms with E-state index in [1.807, 2.05) is 11.1 Å². The molecule has 4 heteroatoms. The molecular weight excluding hydrogens is 262 g/mol. The third kappa shape index (κ3) is 3.64. The van der Waals surface area contributed by atoms with Gasteiger partial charge in [-0.15, -0.1) is 0 Å². The molecule has 0 spiro atoms. The predicted octanol–water partition coefficient (Wildman–Crippen LogP) is 2.66. The Morgan fingerprint density at radius 1 is 1.19 bits per heavy atom. The third-order valence-electron chi connectivity index (χ3n) is 4.17. The standard InChI is InChI=1S/C17H23N3O/c21-17(20-10-2-1-3-11-20)7-8-18-13-14-4-5-16-15(12-14)6-9-19-16/h4-6,9,12,18-19H,1-3,7-8,10-11,13H2. The summed E-state index contributed by atoms with van der Waals surface area (Å²) in [6, 6.07) is 8.49. The Balaban J connectivity index is 1.42. The van der Waals surface area contributed by atoms with Gasteiger partial charge in [0, 0.05) is 44.3 Å². The largest absolute Gasteiger partial charge is 0.361 e. The Labute approximate surface area is 125 Å². The first-order valence-electron chi connectivity index (χ1n) is 7.87. The molecule has 0 bridgehead atoms. The first kappa shape index (κ1) is 14.1. The lowest BCUT2D eigenvalue weighted by molar-refractivity contribution is -0.131. The van der Waals surface area contributed by atoms with Gasteiger partial charge < -0.3 is 15.2 Å². The molecule has 4 nitrogen and oxygen atoms in total. The summed E-state index contributed by atoms with van der Waals surface area (Å²) in [5.41, 5.74) is 2.42. The normalized spacial score (nSPS) is 15.5. The minimum Gasteiger partial charge on any atom is -0.361 e. The highest BCUT2D eigenvalue weighted by Crippen LogP contribution is 2.14. The van der Waals surface area contributed by atoms with Crippen molar-refractivity contribution in [3.8, 4) is 0 Å². The van der Waals surface area contributed by atoms with Gasteiger partial charge in [0.15, 0.2) is 0 Å². The first-order chi connectivity index (χ1) is 10.3. The summed E-state index contributed by atoms with van der Waals surface area (Å²) in [5.74, 6) is 0.295. The number of piperidine rings is 1. The van der Waals surface area contributed by atoms with E-state index >= 15 is 0 Å². The maximum atomic E-state index is 12.0. The van der Waals surface area contributed by atoms with Crippen LogP contribution < -0.4 is 5.32 Å². The van der Waals surface area contributed by atoms with E-state index in [1.54, 1.807) is 0 Å². The molecule has 1 amide bonds. The summed E-state index contributed by atoms with van der Waals surface area (Å²) < 4.78 is 0. The molecule has 2 N–H and O–H groups in total. The van der Waals surface area contributed by atoms with Crippen molar-refractivity contribution in [1.82, 2.24) is 15.2 Å². The molecule has 21 heavy (non-hydrogen) atoms. The molecular formula is C17H23N3O. The molecule has 0 atom stereocenters. The van der Waals surface area contributed by atoms with Crippen molar-refractivity contribution in [3.05, 3.63) is 36.0 Å². The number of benzene rings is 1. The number of rotatable bonds is 5. The summed E-state index contributed by atoms with van der Waals surface area (Å²) in [4.78, 5) is 17.2. The topological polar surface area (TPSA) is 48.1 Å². The van der Waals surface area contributed by atoms with E-state index in [9.17, 15) is 4.79 Å². The van der Waals surface area contributed by atoms with Crippen molar-refractivity contribution in [2.45, 2.75) is 32.2 Å². The fourth-order valence-electron chi connectivity index (χ4n) is 2.94. The molecule has 1 saturated heterocycles. The molecule has 2 heterocycles. The van der Waals surface area contributed by atoms with E-state index in [2.05, 4.69) is 34.6 Å². The van der Waals surface area contributed by atoms with Crippen LogP contribution >= 0.6 is 0 Å². The number of carbonyl (C=O) groups excluding carboxylic acids is 1. The van der Waals surface area contributed by atoms with Gasteiger partial charge in [-0.05, 0) is 48.4 Å². The van der Waals surface area contributed by atoms with Crippen LogP contribution in [0.3, 0.4) is 0 Å². The van der Waals surface area contributed by atoms with Crippen LogP contribution in [-0.4, -0.2) is 35.4 Å². The van der Waals surface area contributed by atoms with Crippen LogP contribution in [-0.2, 0) is 11.3 Å². The SMILES string of the molecule is O=C(CCNCc1ccc2[nH]ccc2c1)N1CCCCC1. The molecule has 1 aromatic carbocycles. The second-order valence-corrected chi connectivity index (χ2v) is 5.77. The minimum absolute atomic E-state index is 0.295. The van der Waals surface area contributed by atoms with Gasteiger partial charge in [-0.3, -0.25) is 4.79 Å². The molecule has 0 radical (unpaired) electrons. The van der Waals surface area contributed by atoms with Gasteiger partial charge >= 0.3 is 0 Å². The van der Waals surface area contributed by atoms with E-state index in [0.717, 1.165) is 39.0 Å². The van der Waals surface area contributed by atoms with Crippen LogP contribution in [0.1, 0.15) is 31.2 Å². The number of likely N-dealkylation sites (tertiary alicyclic amines) is 1. The Kier molecular flexibility index (Phi) is 4.55. The van der Waals surface area contributed by atoms with Gasteiger partial charge in [0.25, 0.3) is 0 Å². The summed E-state index contributed by atoms with van der Waals surface area (Å²) in [6.45, 7) is 3.46. The first-order valence-corrected chi connectivity index (χ1v) is 7.87. The molecule has 112 valence electrons. The van der Waals surface area contributed by atoms with Crippen molar-refractivity contribution in [2.24, 2.45) is 0 Å². The van der Waals surface area contributed by atoms with E-state index in [0.29, 0.717) is 12.3 Å². The zero-order valence-corrected chi connectivity index (χ0v) is 12.4. The van der Waals surface area contributed by atoms with Gasteiger partial charge in [-0.25, -0.2) is 0 Å².